The second-order valence-corrected chi connectivity index (χ2v) is 6.35. The van der Waals surface area contributed by atoms with Crippen LogP contribution in [0.4, 0.5) is 0 Å². The smallest absolute Gasteiger partial charge is 0.328 e. The molecule has 0 aliphatic heterocycles. The van der Waals surface area contributed by atoms with Crippen LogP contribution in [0.3, 0.4) is 0 Å². The van der Waals surface area contributed by atoms with Gasteiger partial charge in [-0.2, -0.15) is 0 Å². The van der Waals surface area contributed by atoms with Crippen molar-refractivity contribution < 1.29 is 28.6 Å². The van der Waals surface area contributed by atoms with Gasteiger partial charge in [-0.3, -0.25) is 4.79 Å². The van der Waals surface area contributed by atoms with Crippen LogP contribution in [-0.4, -0.2) is 52.1 Å². The fourth-order valence-corrected chi connectivity index (χ4v) is 2.96. The van der Waals surface area contributed by atoms with E-state index in [0.717, 1.165) is 16.7 Å². The van der Waals surface area contributed by atoms with E-state index in [1.807, 2.05) is 42.5 Å². The highest BCUT2D eigenvalue weighted by Gasteiger charge is 2.23. The molecule has 0 fully saturated rings. The second kappa shape index (κ2) is 10.8. The van der Waals surface area contributed by atoms with Gasteiger partial charge in [-0.05, 0) is 30.2 Å². The number of nitrogens with zero attached hydrogens (tertiary/aromatic N) is 1. The van der Waals surface area contributed by atoms with Crippen molar-refractivity contribution in [3.63, 3.8) is 0 Å². The largest absolute Gasteiger partial charge is 0.496 e. The number of carbonyl (C=O) groups excluding carboxylic acids is 2. The molecule has 8 nitrogen and oxygen atoms in total. The average molecular weight is 414 g/mol. The van der Waals surface area contributed by atoms with Crippen LogP contribution in [0.2, 0.25) is 0 Å². The number of nitrogens with one attached hydrogen (secondary N) is 1. The number of oxime groups is 1. The molecule has 2 aromatic rings. The van der Waals surface area contributed by atoms with E-state index < -0.39 is 17.9 Å². The first-order valence-corrected chi connectivity index (χ1v) is 9.21. The number of hydrogen-bond donors (Lipinski definition) is 1. The Hall–Kier alpha value is -3.55. The summed E-state index contributed by atoms with van der Waals surface area (Å²) >= 11 is 0. The lowest BCUT2D eigenvalue weighted by atomic mass is 9.99. The quantitative estimate of drug-likeness (QED) is 0.385. The Labute approximate surface area is 175 Å². The third-order valence-electron chi connectivity index (χ3n) is 4.46. The van der Waals surface area contributed by atoms with E-state index in [0.29, 0.717) is 11.5 Å². The zero-order valence-corrected chi connectivity index (χ0v) is 17.7. The Morgan fingerprint density at radius 3 is 2.07 bits per heavy atom. The number of hydrogen-bond acceptors (Lipinski definition) is 7. The van der Waals surface area contributed by atoms with Crippen LogP contribution in [0.15, 0.2) is 47.6 Å². The number of ether oxygens (including phenoxy) is 3. The van der Waals surface area contributed by atoms with E-state index in [4.69, 9.17) is 14.2 Å². The summed E-state index contributed by atoms with van der Waals surface area (Å²) in [6, 6.07) is 12.3. The third-order valence-corrected chi connectivity index (χ3v) is 4.46. The molecule has 8 heteroatoms. The predicted octanol–water partition coefficient (Wildman–Crippen LogP) is 2.59. The lowest BCUT2D eigenvalue weighted by Gasteiger charge is -2.17. The lowest BCUT2D eigenvalue weighted by molar-refractivity contribution is -0.144. The first-order chi connectivity index (χ1) is 14.4. The van der Waals surface area contributed by atoms with Gasteiger partial charge in [0, 0.05) is 6.42 Å². The number of benzene rings is 2. The summed E-state index contributed by atoms with van der Waals surface area (Å²) in [5.41, 5.74) is 2.67. The van der Waals surface area contributed by atoms with E-state index in [1.165, 1.54) is 21.1 Å². The third kappa shape index (κ3) is 5.50. The fourth-order valence-electron chi connectivity index (χ4n) is 2.96. The molecule has 30 heavy (non-hydrogen) atoms. The van der Waals surface area contributed by atoms with E-state index >= 15 is 0 Å². The van der Waals surface area contributed by atoms with Crippen molar-refractivity contribution >= 4 is 17.6 Å². The van der Waals surface area contributed by atoms with Crippen molar-refractivity contribution in [1.29, 1.82) is 0 Å². The minimum Gasteiger partial charge on any atom is -0.496 e. The van der Waals surface area contributed by atoms with Crippen LogP contribution in [0, 0.1) is 0 Å². The lowest BCUT2D eigenvalue weighted by Crippen LogP contribution is -2.45. The maximum Gasteiger partial charge on any atom is 0.328 e. The van der Waals surface area contributed by atoms with E-state index in [2.05, 4.69) is 15.3 Å². The van der Waals surface area contributed by atoms with Gasteiger partial charge >= 0.3 is 5.97 Å². The van der Waals surface area contributed by atoms with Crippen molar-refractivity contribution in [3.8, 4) is 22.6 Å². The van der Waals surface area contributed by atoms with E-state index in [9.17, 15) is 9.59 Å². The maximum atomic E-state index is 12.2. The predicted molar refractivity (Wildman–Crippen MR) is 113 cm³/mol. The Balaban J connectivity index is 2.25. The molecule has 2 rings (SSSR count). The monoisotopic (exact) mass is 414 g/mol. The van der Waals surface area contributed by atoms with Crippen molar-refractivity contribution in [2.45, 2.75) is 19.4 Å². The highest BCUT2D eigenvalue weighted by Crippen LogP contribution is 2.38. The molecule has 0 aromatic heterocycles. The number of esters is 1. The van der Waals surface area contributed by atoms with Gasteiger partial charge in [0.2, 0.25) is 0 Å². The summed E-state index contributed by atoms with van der Waals surface area (Å²) in [6.45, 7) is 1.49. The van der Waals surface area contributed by atoms with E-state index in [1.54, 1.807) is 14.2 Å². The van der Waals surface area contributed by atoms with Gasteiger partial charge in [0.15, 0.2) is 0 Å². The minimum atomic E-state index is -0.865. The summed E-state index contributed by atoms with van der Waals surface area (Å²) < 4.78 is 15.7. The zero-order valence-electron chi connectivity index (χ0n) is 17.7. The standard InChI is InChI=1S/C22H26N2O6/c1-14(24-30-5)21(25)23-17(22(26)29-4)13-15-9-11-16(12-10-15)20-18(27-2)7-6-8-19(20)28-3/h6-12,17H,13H2,1-5H3,(H,23,25)/t17-/m0/s1. The van der Waals surface area contributed by atoms with Crippen LogP contribution in [0.1, 0.15) is 12.5 Å². The summed E-state index contributed by atoms with van der Waals surface area (Å²) in [4.78, 5) is 28.9. The Bertz CT molecular complexity index is 886. The molecule has 2 aromatic carbocycles. The van der Waals surface area contributed by atoms with Gasteiger partial charge in [0.05, 0.1) is 26.9 Å². The molecule has 0 unspecified atom stereocenters. The van der Waals surface area contributed by atoms with Gasteiger partial charge < -0.3 is 24.4 Å². The molecule has 1 atom stereocenters. The second-order valence-electron chi connectivity index (χ2n) is 6.35. The SMILES string of the molecule is CON=C(C)C(=O)N[C@@H](Cc1ccc(-c2c(OC)cccc2OC)cc1)C(=O)OC. The van der Waals surface area contributed by atoms with Gasteiger partial charge in [0.25, 0.3) is 5.91 Å². The summed E-state index contributed by atoms with van der Waals surface area (Å²) in [5, 5.41) is 6.20. The molecule has 0 spiro atoms. The molecule has 160 valence electrons. The van der Waals surface area contributed by atoms with Crippen LogP contribution in [0.5, 0.6) is 11.5 Å². The number of amides is 1. The molecule has 0 heterocycles. The molecule has 0 aliphatic rings. The summed E-state index contributed by atoms with van der Waals surface area (Å²) in [5.74, 6) is 0.316. The first-order valence-electron chi connectivity index (χ1n) is 9.21. The molecule has 0 radical (unpaired) electrons. The Morgan fingerprint density at radius 1 is 0.967 bits per heavy atom. The van der Waals surface area contributed by atoms with Crippen LogP contribution in [0.25, 0.3) is 11.1 Å². The van der Waals surface area contributed by atoms with E-state index in [-0.39, 0.29) is 12.1 Å². The molecule has 0 saturated heterocycles. The molecular formula is C22H26N2O6. The Morgan fingerprint density at radius 2 is 1.57 bits per heavy atom. The van der Waals surface area contributed by atoms with Crippen molar-refractivity contribution in [3.05, 3.63) is 48.0 Å². The minimum absolute atomic E-state index is 0.102. The molecule has 0 bridgehead atoms. The maximum absolute atomic E-state index is 12.2. The van der Waals surface area contributed by atoms with Gasteiger partial charge in [0.1, 0.15) is 30.4 Å². The Kier molecular flexibility index (Phi) is 8.22. The van der Waals surface area contributed by atoms with Crippen LogP contribution < -0.4 is 14.8 Å². The molecule has 1 amide bonds. The van der Waals surface area contributed by atoms with Crippen molar-refractivity contribution in [2.24, 2.45) is 5.16 Å². The molecule has 0 saturated carbocycles. The molecule has 0 aliphatic carbocycles. The zero-order chi connectivity index (χ0) is 22.1. The number of rotatable bonds is 9. The topological polar surface area (TPSA) is 95.5 Å². The highest BCUT2D eigenvalue weighted by molar-refractivity contribution is 6.38. The van der Waals surface area contributed by atoms with Crippen molar-refractivity contribution in [1.82, 2.24) is 5.32 Å². The van der Waals surface area contributed by atoms with Crippen LogP contribution >= 0.6 is 0 Å². The summed E-state index contributed by atoms with van der Waals surface area (Å²) in [6.07, 6.45) is 0.252. The van der Waals surface area contributed by atoms with Gasteiger partial charge in [-0.25, -0.2) is 4.79 Å². The van der Waals surface area contributed by atoms with Gasteiger partial charge in [-0.15, -0.1) is 0 Å². The van der Waals surface area contributed by atoms with Crippen molar-refractivity contribution in [2.75, 3.05) is 28.4 Å². The molecule has 1 N–H and O–H groups in total. The average Bonchev–Trinajstić information content (AvgIpc) is 2.78. The van der Waals surface area contributed by atoms with Crippen LogP contribution in [-0.2, 0) is 25.6 Å². The fraction of sp³-hybridized carbons (Fsp3) is 0.318. The van der Waals surface area contributed by atoms with Gasteiger partial charge in [-0.1, -0.05) is 35.5 Å². The highest BCUT2D eigenvalue weighted by atomic mass is 16.6. The number of methoxy groups -OCH3 is 3. The normalized spacial score (nSPS) is 12.0. The first kappa shape index (κ1) is 22.7. The summed E-state index contributed by atoms with van der Waals surface area (Å²) in [7, 11) is 5.82. The number of carbonyl (C=O) groups is 2. The molecular weight excluding hydrogens is 388 g/mol.